The first-order chi connectivity index (χ1) is 10.2. The van der Waals surface area contributed by atoms with E-state index in [4.69, 9.17) is 5.11 Å². The Morgan fingerprint density at radius 2 is 1.86 bits per heavy atom. The lowest BCUT2D eigenvalue weighted by atomic mass is 10.2. The molecule has 0 aliphatic carbocycles. The van der Waals surface area contributed by atoms with E-state index in [2.05, 4.69) is 0 Å². The van der Waals surface area contributed by atoms with Crippen molar-refractivity contribution in [3.05, 3.63) is 58.3 Å². The van der Waals surface area contributed by atoms with Crippen molar-refractivity contribution in [1.82, 2.24) is 4.90 Å². The molecule has 21 heavy (non-hydrogen) atoms. The van der Waals surface area contributed by atoms with Gasteiger partial charge in [0.05, 0.1) is 4.88 Å². The molecule has 5 heteroatoms. The molecule has 2 aromatic rings. The van der Waals surface area contributed by atoms with E-state index in [1.54, 1.807) is 11.0 Å². The van der Waals surface area contributed by atoms with Crippen LogP contribution in [0.15, 0.2) is 47.8 Å². The number of nitrogens with zero attached hydrogens (tertiary/aromatic N) is 1. The molecule has 0 saturated carbocycles. The van der Waals surface area contributed by atoms with Gasteiger partial charge in [0.2, 0.25) is 0 Å². The molecular weight excluding hydrogens is 286 g/mol. The van der Waals surface area contributed by atoms with Crippen LogP contribution in [0.2, 0.25) is 0 Å². The molecule has 0 radical (unpaired) electrons. The lowest BCUT2D eigenvalue weighted by molar-refractivity contribution is -0.137. The normalized spacial score (nSPS) is 10.3. The van der Waals surface area contributed by atoms with Gasteiger partial charge in [-0.2, -0.15) is 0 Å². The van der Waals surface area contributed by atoms with E-state index in [1.165, 1.54) is 11.3 Å². The number of carbonyl (C=O) groups excluding carboxylic acids is 1. The van der Waals surface area contributed by atoms with Gasteiger partial charge in [-0.25, -0.2) is 0 Å². The standard InChI is InChI=1S/C16H17NO3S/c18-15(19)9-4-10-17(12-13-6-2-1-3-7-13)16(20)14-8-5-11-21-14/h1-3,5-8,11H,4,9-10,12H2,(H,18,19). The number of hydrogen-bond donors (Lipinski definition) is 1. The zero-order valence-electron chi connectivity index (χ0n) is 11.6. The molecule has 4 nitrogen and oxygen atoms in total. The first-order valence-electron chi connectivity index (χ1n) is 6.75. The molecule has 0 aliphatic rings. The van der Waals surface area contributed by atoms with Gasteiger partial charge in [-0.3, -0.25) is 9.59 Å². The van der Waals surface area contributed by atoms with Gasteiger partial charge in [-0.1, -0.05) is 36.4 Å². The summed E-state index contributed by atoms with van der Waals surface area (Å²) in [7, 11) is 0. The molecule has 0 aliphatic heterocycles. The fourth-order valence-electron chi connectivity index (χ4n) is 2.03. The fraction of sp³-hybridized carbons (Fsp3) is 0.250. The van der Waals surface area contributed by atoms with Crippen molar-refractivity contribution in [2.24, 2.45) is 0 Å². The highest BCUT2D eigenvalue weighted by Crippen LogP contribution is 2.15. The molecule has 0 unspecified atom stereocenters. The largest absolute Gasteiger partial charge is 0.481 e. The van der Waals surface area contributed by atoms with Crippen LogP contribution in [0.4, 0.5) is 0 Å². The van der Waals surface area contributed by atoms with Crippen molar-refractivity contribution < 1.29 is 14.7 Å². The topological polar surface area (TPSA) is 57.6 Å². The van der Waals surface area contributed by atoms with Crippen molar-refractivity contribution in [2.75, 3.05) is 6.54 Å². The van der Waals surface area contributed by atoms with Crippen molar-refractivity contribution in [1.29, 1.82) is 0 Å². The van der Waals surface area contributed by atoms with Crippen molar-refractivity contribution in [3.63, 3.8) is 0 Å². The van der Waals surface area contributed by atoms with E-state index in [0.29, 0.717) is 24.4 Å². The number of rotatable bonds is 7. The fourth-order valence-corrected chi connectivity index (χ4v) is 2.72. The smallest absolute Gasteiger partial charge is 0.303 e. The molecule has 110 valence electrons. The Balaban J connectivity index is 2.06. The minimum atomic E-state index is -0.835. The summed E-state index contributed by atoms with van der Waals surface area (Å²) < 4.78 is 0. The molecule has 1 heterocycles. The summed E-state index contributed by atoms with van der Waals surface area (Å²) in [6, 6.07) is 13.4. The summed E-state index contributed by atoms with van der Waals surface area (Å²) in [6.07, 6.45) is 0.530. The van der Waals surface area contributed by atoms with Crippen LogP contribution in [-0.4, -0.2) is 28.4 Å². The number of carbonyl (C=O) groups is 2. The molecule has 1 amide bonds. The summed E-state index contributed by atoms with van der Waals surface area (Å²) >= 11 is 1.40. The highest BCUT2D eigenvalue weighted by atomic mass is 32.1. The Morgan fingerprint density at radius 3 is 2.48 bits per heavy atom. The first kappa shape index (κ1) is 15.3. The molecular formula is C16H17NO3S. The molecule has 0 spiro atoms. The second-order valence-electron chi connectivity index (χ2n) is 4.69. The average molecular weight is 303 g/mol. The zero-order chi connectivity index (χ0) is 15.1. The number of carboxylic acid groups (broad SMARTS) is 1. The van der Waals surface area contributed by atoms with Gasteiger partial charge in [-0.05, 0) is 23.4 Å². The van der Waals surface area contributed by atoms with Gasteiger partial charge < -0.3 is 10.0 Å². The Morgan fingerprint density at radius 1 is 1.10 bits per heavy atom. The quantitative estimate of drug-likeness (QED) is 0.854. The summed E-state index contributed by atoms with van der Waals surface area (Å²) in [5, 5.41) is 10.6. The van der Waals surface area contributed by atoms with Crippen LogP contribution in [0.5, 0.6) is 0 Å². The molecule has 0 bridgehead atoms. The van der Waals surface area contributed by atoms with Gasteiger partial charge in [-0.15, -0.1) is 11.3 Å². The Bertz CT molecular complexity index is 581. The third kappa shape index (κ3) is 4.72. The lowest BCUT2D eigenvalue weighted by Gasteiger charge is -2.22. The van der Waals surface area contributed by atoms with Crippen LogP contribution in [0.1, 0.15) is 28.1 Å². The maximum atomic E-state index is 12.5. The van der Waals surface area contributed by atoms with Gasteiger partial charge >= 0.3 is 5.97 Å². The van der Waals surface area contributed by atoms with Gasteiger partial charge in [0.25, 0.3) is 5.91 Å². The van der Waals surface area contributed by atoms with E-state index in [0.717, 1.165) is 5.56 Å². The third-order valence-corrected chi connectivity index (χ3v) is 3.91. The first-order valence-corrected chi connectivity index (χ1v) is 7.63. The minimum absolute atomic E-state index is 0.0424. The summed E-state index contributed by atoms with van der Waals surface area (Å²) in [6.45, 7) is 0.940. The Labute approximate surface area is 127 Å². The van der Waals surface area contributed by atoms with E-state index in [1.807, 2.05) is 41.8 Å². The van der Waals surface area contributed by atoms with Crippen LogP contribution < -0.4 is 0 Å². The molecule has 1 aromatic carbocycles. The Kier molecular flexibility index (Phi) is 5.51. The van der Waals surface area contributed by atoms with Crippen molar-refractivity contribution in [3.8, 4) is 0 Å². The van der Waals surface area contributed by atoms with E-state index in [-0.39, 0.29) is 12.3 Å². The number of carboxylic acids is 1. The molecule has 0 fully saturated rings. The average Bonchev–Trinajstić information content (AvgIpc) is 3.00. The van der Waals surface area contributed by atoms with E-state index in [9.17, 15) is 9.59 Å². The second-order valence-corrected chi connectivity index (χ2v) is 5.63. The highest BCUT2D eigenvalue weighted by Gasteiger charge is 2.17. The highest BCUT2D eigenvalue weighted by molar-refractivity contribution is 7.12. The molecule has 0 saturated heterocycles. The van der Waals surface area contributed by atoms with Crippen LogP contribution in [-0.2, 0) is 11.3 Å². The third-order valence-electron chi connectivity index (χ3n) is 3.05. The minimum Gasteiger partial charge on any atom is -0.481 e. The van der Waals surface area contributed by atoms with Crippen molar-refractivity contribution in [2.45, 2.75) is 19.4 Å². The maximum absolute atomic E-state index is 12.5. The number of thiophene rings is 1. The second kappa shape index (κ2) is 7.59. The van der Waals surface area contributed by atoms with Crippen LogP contribution >= 0.6 is 11.3 Å². The van der Waals surface area contributed by atoms with E-state index >= 15 is 0 Å². The summed E-state index contributed by atoms with van der Waals surface area (Å²) in [5.74, 6) is -0.877. The number of benzene rings is 1. The summed E-state index contributed by atoms with van der Waals surface area (Å²) in [5.41, 5.74) is 1.04. The van der Waals surface area contributed by atoms with Crippen LogP contribution in [0.25, 0.3) is 0 Å². The lowest BCUT2D eigenvalue weighted by Crippen LogP contribution is -2.31. The molecule has 2 rings (SSSR count). The van der Waals surface area contributed by atoms with Gasteiger partial charge in [0.15, 0.2) is 0 Å². The summed E-state index contributed by atoms with van der Waals surface area (Å²) in [4.78, 5) is 25.5. The molecule has 0 atom stereocenters. The van der Waals surface area contributed by atoms with Gasteiger partial charge in [0, 0.05) is 19.5 Å². The van der Waals surface area contributed by atoms with E-state index < -0.39 is 5.97 Å². The zero-order valence-corrected chi connectivity index (χ0v) is 12.4. The van der Waals surface area contributed by atoms with Crippen LogP contribution in [0.3, 0.4) is 0 Å². The Hall–Kier alpha value is -2.14. The molecule has 1 N–H and O–H groups in total. The maximum Gasteiger partial charge on any atom is 0.303 e. The number of aliphatic carboxylic acids is 1. The van der Waals surface area contributed by atoms with Crippen LogP contribution in [0, 0.1) is 0 Å². The number of amides is 1. The predicted octanol–water partition coefficient (Wildman–Crippen LogP) is 3.26. The monoisotopic (exact) mass is 303 g/mol. The van der Waals surface area contributed by atoms with Gasteiger partial charge in [0.1, 0.15) is 0 Å². The predicted molar refractivity (Wildman–Crippen MR) is 82.4 cm³/mol. The molecule has 1 aromatic heterocycles. The SMILES string of the molecule is O=C(O)CCCN(Cc1ccccc1)C(=O)c1cccs1. The van der Waals surface area contributed by atoms with Crippen molar-refractivity contribution >= 4 is 23.2 Å². The number of hydrogen-bond acceptors (Lipinski definition) is 3.